The molecule has 2 aliphatic rings. The monoisotopic (exact) mass is 633 g/mol. The number of carbonyl (C=O) groups is 2. The zero-order chi connectivity index (χ0) is 30.6. The average molecular weight is 634 g/mol. The Kier molecular flexibility index (Phi) is 10.2. The summed E-state index contributed by atoms with van der Waals surface area (Å²) in [5.41, 5.74) is 15.6. The normalized spacial score (nSPS) is 19.1. The number of amides is 2. The second-order valence-corrected chi connectivity index (χ2v) is 11.8. The number of morpholine rings is 1. The molecule has 2 aromatic carbocycles. The Balaban J connectivity index is 0.00000400. The van der Waals surface area contributed by atoms with Crippen molar-refractivity contribution in [1.29, 1.82) is 0 Å². The fourth-order valence-electron chi connectivity index (χ4n) is 6.39. The highest BCUT2D eigenvalue weighted by molar-refractivity contribution is 6.03. The van der Waals surface area contributed by atoms with E-state index in [9.17, 15) is 14.4 Å². The number of ether oxygens (including phenoxy) is 1. The van der Waals surface area contributed by atoms with Gasteiger partial charge in [-0.1, -0.05) is 24.3 Å². The molecule has 2 amide bonds. The summed E-state index contributed by atoms with van der Waals surface area (Å²) in [5.74, 6) is 0.371. The van der Waals surface area contributed by atoms with E-state index in [0.29, 0.717) is 55.1 Å². The van der Waals surface area contributed by atoms with Crippen molar-refractivity contribution in [2.75, 3.05) is 42.6 Å². The number of H-pyrrole nitrogens is 2. The number of hydrogen-bond acceptors (Lipinski definition) is 7. The van der Waals surface area contributed by atoms with E-state index in [1.807, 2.05) is 36.5 Å². The molecule has 1 saturated carbocycles. The summed E-state index contributed by atoms with van der Waals surface area (Å²) in [6.07, 6.45) is 5.27. The molecule has 1 atom stereocenters. The molecular formula is C33H40ClN7O4. The van der Waals surface area contributed by atoms with E-state index in [4.69, 9.17) is 16.2 Å². The number of aromatic amines is 2. The van der Waals surface area contributed by atoms with Crippen LogP contribution in [-0.2, 0) is 20.7 Å². The summed E-state index contributed by atoms with van der Waals surface area (Å²) in [6, 6.07) is 16.2. The maximum atomic E-state index is 14.1. The third-order valence-electron chi connectivity index (χ3n) is 9.04. The lowest BCUT2D eigenvalue weighted by Crippen LogP contribution is -2.52. The van der Waals surface area contributed by atoms with Crippen molar-refractivity contribution in [1.82, 2.24) is 15.2 Å². The van der Waals surface area contributed by atoms with E-state index < -0.39 is 11.9 Å². The first-order valence-corrected chi connectivity index (χ1v) is 15.3. The zero-order valence-electron chi connectivity index (χ0n) is 25.1. The third kappa shape index (κ3) is 7.06. The number of benzene rings is 2. The van der Waals surface area contributed by atoms with Gasteiger partial charge < -0.3 is 21.1 Å². The highest BCUT2D eigenvalue weighted by atomic mass is 35.5. The van der Waals surface area contributed by atoms with Crippen LogP contribution >= 0.6 is 12.4 Å². The van der Waals surface area contributed by atoms with Gasteiger partial charge in [-0.15, -0.1) is 12.4 Å². The number of nitrogens with zero attached hydrogens (tertiary/aromatic N) is 3. The number of fused-ring (bicyclic) bond motifs is 1. The number of nitrogens with two attached hydrogens (primary N) is 2. The van der Waals surface area contributed by atoms with Crippen molar-refractivity contribution in [3.63, 3.8) is 0 Å². The Labute approximate surface area is 267 Å². The van der Waals surface area contributed by atoms with E-state index in [0.717, 1.165) is 48.4 Å². The molecule has 12 heteroatoms. The van der Waals surface area contributed by atoms with E-state index >= 15 is 0 Å². The molecular weight excluding hydrogens is 594 g/mol. The minimum absolute atomic E-state index is 0. The highest BCUT2D eigenvalue weighted by Gasteiger charge is 2.36. The number of nitrogens with one attached hydrogen (secondary N) is 2. The molecule has 4 aromatic rings. The molecule has 6 N–H and O–H groups in total. The molecule has 3 heterocycles. The van der Waals surface area contributed by atoms with Crippen molar-refractivity contribution >= 4 is 46.6 Å². The smallest absolute Gasteiger partial charge is 0.271 e. The molecule has 1 aliphatic heterocycles. The number of hydrogen-bond donors (Lipinski definition) is 4. The van der Waals surface area contributed by atoms with Crippen molar-refractivity contribution < 1.29 is 14.3 Å². The third-order valence-corrected chi connectivity index (χ3v) is 9.04. The van der Waals surface area contributed by atoms with E-state index in [-0.39, 0.29) is 36.2 Å². The van der Waals surface area contributed by atoms with Crippen LogP contribution in [0.2, 0.25) is 0 Å². The number of halogens is 1. The van der Waals surface area contributed by atoms with Gasteiger partial charge in [0, 0.05) is 42.9 Å². The van der Waals surface area contributed by atoms with Crippen LogP contribution in [0.25, 0.3) is 22.0 Å². The predicted molar refractivity (Wildman–Crippen MR) is 178 cm³/mol. The van der Waals surface area contributed by atoms with Crippen molar-refractivity contribution in [3.8, 4) is 11.1 Å². The summed E-state index contributed by atoms with van der Waals surface area (Å²) in [5, 5.41) is 5.91. The van der Waals surface area contributed by atoms with Crippen LogP contribution in [0.1, 0.15) is 31.2 Å². The Bertz CT molecular complexity index is 1660. The second-order valence-electron chi connectivity index (χ2n) is 11.8. The number of aromatic nitrogens is 3. The van der Waals surface area contributed by atoms with Crippen molar-refractivity contribution in [2.45, 2.75) is 38.1 Å². The van der Waals surface area contributed by atoms with Crippen molar-refractivity contribution in [3.05, 3.63) is 76.7 Å². The fraction of sp³-hybridized carbons (Fsp3) is 0.394. The number of primary amides is 1. The topological polar surface area (TPSA) is 163 Å². The Hall–Kier alpha value is -4.19. The molecule has 45 heavy (non-hydrogen) atoms. The molecule has 2 fully saturated rings. The lowest BCUT2D eigenvalue weighted by Gasteiger charge is -2.35. The summed E-state index contributed by atoms with van der Waals surface area (Å²) in [7, 11) is 0. The van der Waals surface area contributed by atoms with Gasteiger partial charge in [0.15, 0.2) is 0 Å². The van der Waals surface area contributed by atoms with Crippen LogP contribution in [-0.4, -0.2) is 65.9 Å². The molecule has 0 spiro atoms. The summed E-state index contributed by atoms with van der Waals surface area (Å²) in [4.78, 5) is 47.7. The minimum Gasteiger partial charge on any atom is -0.378 e. The van der Waals surface area contributed by atoms with Crippen LogP contribution in [0.4, 0.5) is 11.5 Å². The fourth-order valence-corrected chi connectivity index (χ4v) is 6.39. The molecule has 1 saturated heterocycles. The first-order chi connectivity index (χ1) is 21.4. The standard InChI is InChI=1S/C33H39N7O4.ClH/c34-19-22-3-7-24(8-4-22)33(43)40(26-10-11-27-28(18-26)37-38-32(27)42)29(31(35)41)17-21-1-5-23(6-2-21)25-9-12-30(36-20-25)39-13-15-44-16-14-39;/h1-2,5-6,9-12,18,20,22,24,29H,3-4,7-8,13-17,19,34H2,(H2,35,41)(H2,37,38,42);1H/t22?,24?,29-;/m0./s1. The number of carbonyl (C=O) groups excluding carboxylic acids is 2. The van der Waals surface area contributed by atoms with Crippen LogP contribution in [0.3, 0.4) is 0 Å². The quantitative estimate of drug-likeness (QED) is 0.219. The molecule has 0 radical (unpaired) electrons. The molecule has 2 aromatic heterocycles. The average Bonchev–Trinajstić information content (AvgIpc) is 3.44. The lowest BCUT2D eigenvalue weighted by molar-refractivity contribution is -0.127. The van der Waals surface area contributed by atoms with Gasteiger partial charge in [0.25, 0.3) is 5.56 Å². The van der Waals surface area contributed by atoms with Crippen LogP contribution in [0.15, 0.2) is 65.6 Å². The Morgan fingerprint density at radius 2 is 1.69 bits per heavy atom. The van der Waals surface area contributed by atoms with E-state index in [2.05, 4.69) is 26.1 Å². The second kappa shape index (κ2) is 14.3. The molecule has 238 valence electrons. The zero-order valence-corrected chi connectivity index (χ0v) is 25.9. The SMILES string of the molecule is Cl.NCC1CCC(C(=O)N(c2ccc3c(=O)[nH][nH]c3c2)[C@@H](Cc2ccc(-c3ccc(N4CCOCC4)nc3)cc2)C(N)=O)CC1. The van der Waals surface area contributed by atoms with Crippen LogP contribution in [0.5, 0.6) is 0 Å². The summed E-state index contributed by atoms with van der Waals surface area (Å²) >= 11 is 0. The van der Waals surface area contributed by atoms with E-state index in [1.54, 1.807) is 23.1 Å². The Morgan fingerprint density at radius 1 is 0.978 bits per heavy atom. The van der Waals surface area contributed by atoms with Gasteiger partial charge >= 0.3 is 0 Å². The molecule has 6 rings (SSSR count). The van der Waals surface area contributed by atoms with Gasteiger partial charge in [-0.05, 0) is 79.6 Å². The number of rotatable bonds is 9. The highest BCUT2D eigenvalue weighted by Crippen LogP contribution is 2.33. The van der Waals surface area contributed by atoms with Gasteiger partial charge in [-0.2, -0.15) is 0 Å². The van der Waals surface area contributed by atoms with Gasteiger partial charge in [-0.25, -0.2) is 4.98 Å². The maximum absolute atomic E-state index is 14.1. The Morgan fingerprint density at radius 3 is 2.33 bits per heavy atom. The van der Waals surface area contributed by atoms with Gasteiger partial charge in [0.1, 0.15) is 11.9 Å². The molecule has 0 bridgehead atoms. The molecule has 11 nitrogen and oxygen atoms in total. The van der Waals surface area contributed by atoms with Gasteiger partial charge in [0.05, 0.1) is 24.1 Å². The van der Waals surface area contributed by atoms with Crippen molar-refractivity contribution in [2.24, 2.45) is 23.3 Å². The van der Waals surface area contributed by atoms with Crippen LogP contribution < -0.4 is 26.8 Å². The lowest BCUT2D eigenvalue weighted by atomic mass is 9.81. The summed E-state index contributed by atoms with van der Waals surface area (Å²) < 4.78 is 5.44. The largest absolute Gasteiger partial charge is 0.378 e. The van der Waals surface area contributed by atoms with Gasteiger partial charge in [0.2, 0.25) is 11.8 Å². The number of anilines is 2. The van der Waals surface area contributed by atoms with Gasteiger partial charge in [-0.3, -0.25) is 29.5 Å². The molecule has 0 unspecified atom stereocenters. The first kappa shape index (κ1) is 32.2. The van der Waals surface area contributed by atoms with E-state index in [1.165, 1.54) is 0 Å². The van der Waals surface area contributed by atoms with Crippen LogP contribution in [0, 0.1) is 11.8 Å². The number of pyridine rings is 1. The predicted octanol–water partition coefficient (Wildman–Crippen LogP) is 3.37. The first-order valence-electron chi connectivity index (χ1n) is 15.3. The maximum Gasteiger partial charge on any atom is 0.271 e. The minimum atomic E-state index is -0.918. The molecule has 1 aliphatic carbocycles. The summed E-state index contributed by atoms with van der Waals surface area (Å²) in [6.45, 7) is 3.67.